The third kappa shape index (κ3) is 27.4. The van der Waals surface area contributed by atoms with Gasteiger partial charge in [0, 0.05) is 12.5 Å². The van der Waals surface area contributed by atoms with E-state index in [9.17, 15) is 14.9 Å². The van der Waals surface area contributed by atoms with E-state index in [0.29, 0.717) is 11.8 Å². The van der Waals surface area contributed by atoms with Crippen molar-refractivity contribution in [2.45, 2.75) is 144 Å². The predicted octanol–water partition coefficient (Wildman–Crippen LogP) is 10.1. The van der Waals surface area contributed by atoms with Gasteiger partial charge in [-0.05, 0) is 90.6 Å². The molecule has 224 valence electrons. The SMILES string of the molecule is CC1=CC(C)C(C=O)CC1.CC=CC=O.CCCCCCCCCCC(C#N)OCCC(C)CCC=C(C)C. The number of ether oxygens (including phenoxy) is 1. The van der Waals surface area contributed by atoms with Crippen LogP contribution in [0.25, 0.3) is 0 Å². The molecule has 0 N–H and O–H groups in total. The van der Waals surface area contributed by atoms with Crippen molar-refractivity contribution in [3.8, 4) is 6.07 Å². The first-order chi connectivity index (χ1) is 18.7. The van der Waals surface area contributed by atoms with Crippen LogP contribution in [0.1, 0.15) is 138 Å². The van der Waals surface area contributed by atoms with Crippen molar-refractivity contribution in [1.29, 1.82) is 5.26 Å². The molecule has 4 unspecified atom stereocenters. The minimum absolute atomic E-state index is 0.199. The van der Waals surface area contributed by atoms with Crippen LogP contribution in [0.5, 0.6) is 0 Å². The van der Waals surface area contributed by atoms with Crippen molar-refractivity contribution >= 4 is 12.6 Å². The second kappa shape index (κ2) is 29.0. The number of rotatable bonds is 18. The minimum Gasteiger partial charge on any atom is -0.363 e. The summed E-state index contributed by atoms with van der Waals surface area (Å²) in [5, 5.41) is 9.21. The summed E-state index contributed by atoms with van der Waals surface area (Å²) >= 11 is 0. The highest BCUT2D eigenvalue weighted by Gasteiger charge is 2.18. The lowest BCUT2D eigenvalue weighted by Gasteiger charge is -2.21. The molecule has 0 saturated carbocycles. The van der Waals surface area contributed by atoms with Crippen LogP contribution in [-0.2, 0) is 14.3 Å². The Bertz CT molecular complexity index is 712. The quantitative estimate of drug-likeness (QED) is 0.0746. The van der Waals surface area contributed by atoms with Gasteiger partial charge in [0.2, 0.25) is 0 Å². The number of nitriles is 1. The molecule has 0 amide bonds. The van der Waals surface area contributed by atoms with Gasteiger partial charge in [0.1, 0.15) is 18.7 Å². The van der Waals surface area contributed by atoms with Crippen LogP contribution in [0, 0.1) is 29.1 Å². The van der Waals surface area contributed by atoms with E-state index in [1.807, 2.05) is 0 Å². The zero-order chi connectivity index (χ0) is 29.7. The molecule has 0 aliphatic heterocycles. The first-order valence-corrected chi connectivity index (χ1v) is 15.6. The summed E-state index contributed by atoms with van der Waals surface area (Å²) < 4.78 is 5.77. The van der Waals surface area contributed by atoms with Gasteiger partial charge in [0.05, 0.1) is 6.07 Å². The van der Waals surface area contributed by atoms with E-state index in [1.54, 1.807) is 13.0 Å². The van der Waals surface area contributed by atoms with Gasteiger partial charge >= 0.3 is 0 Å². The Kier molecular flexibility index (Phi) is 29.1. The number of carbonyl (C=O) groups is 2. The van der Waals surface area contributed by atoms with Crippen molar-refractivity contribution in [2.75, 3.05) is 6.61 Å². The Morgan fingerprint density at radius 2 is 1.72 bits per heavy atom. The van der Waals surface area contributed by atoms with Crippen LogP contribution in [-0.4, -0.2) is 25.3 Å². The second-order valence-corrected chi connectivity index (χ2v) is 11.4. The van der Waals surface area contributed by atoms with Crippen molar-refractivity contribution in [3.63, 3.8) is 0 Å². The molecular formula is C35H61NO3. The van der Waals surface area contributed by atoms with Gasteiger partial charge in [-0.2, -0.15) is 5.26 Å². The molecule has 4 heteroatoms. The number of nitrogens with zero attached hydrogens (tertiary/aromatic N) is 1. The lowest BCUT2D eigenvalue weighted by molar-refractivity contribution is -0.112. The second-order valence-electron chi connectivity index (χ2n) is 11.4. The topological polar surface area (TPSA) is 67.2 Å². The number of unbranched alkanes of at least 4 members (excludes halogenated alkanes) is 7. The summed E-state index contributed by atoms with van der Waals surface area (Å²) in [6.45, 7) is 15.6. The van der Waals surface area contributed by atoms with Gasteiger partial charge in [-0.15, -0.1) is 0 Å². The highest BCUT2D eigenvalue weighted by atomic mass is 16.5. The monoisotopic (exact) mass is 543 g/mol. The van der Waals surface area contributed by atoms with Crippen LogP contribution in [0.2, 0.25) is 0 Å². The fourth-order valence-electron chi connectivity index (χ4n) is 4.44. The number of hydrogen-bond acceptors (Lipinski definition) is 4. The predicted molar refractivity (Wildman–Crippen MR) is 168 cm³/mol. The average molecular weight is 544 g/mol. The van der Waals surface area contributed by atoms with Crippen molar-refractivity contribution in [3.05, 3.63) is 35.5 Å². The van der Waals surface area contributed by atoms with Gasteiger partial charge < -0.3 is 9.53 Å². The zero-order valence-corrected chi connectivity index (χ0v) is 26.6. The zero-order valence-electron chi connectivity index (χ0n) is 26.6. The summed E-state index contributed by atoms with van der Waals surface area (Å²) in [5.74, 6) is 1.41. The van der Waals surface area contributed by atoms with Crippen LogP contribution in [0.3, 0.4) is 0 Å². The molecule has 0 spiro atoms. The average Bonchev–Trinajstić information content (AvgIpc) is 2.90. The minimum atomic E-state index is -0.199. The summed E-state index contributed by atoms with van der Waals surface area (Å²) in [6.07, 6.45) is 26.2. The Morgan fingerprint density at radius 1 is 1.08 bits per heavy atom. The Morgan fingerprint density at radius 3 is 2.21 bits per heavy atom. The molecule has 1 aliphatic carbocycles. The number of carbonyl (C=O) groups excluding carboxylic acids is 2. The molecule has 0 aromatic heterocycles. The van der Waals surface area contributed by atoms with Crippen LogP contribution >= 0.6 is 0 Å². The fraction of sp³-hybridized carbons (Fsp3) is 0.743. The fourth-order valence-corrected chi connectivity index (χ4v) is 4.44. The highest BCUT2D eigenvalue weighted by Crippen LogP contribution is 2.26. The van der Waals surface area contributed by atoms with E-state index in [-0.39, 0.29) is 12.0 Å². The normalized spacial score (nSPS) is 17.8. The Labute approximate surface area is 242 Å². The van der Waals surface area contributed by atoms with Crippen molar-refractivity contribution in [1.82, 2.24) is 0 Å². The van der Waals surface area contributed by atoms with Crippen LogP contribution < -0.4 is 0 Å². The molecule has 0 saturated heterocycles. The van der Waals surface area contributed by atoms with Crippen molar-refractivity contribution in [2.24, 2.45) is 17.8 Å². The summed E-state index contributed by atoms with van der Waals surface area (Å²) in [4.78, 5) is 19.8. The molecule has 0 heterocycles. The third-order valence-electron chi connectivity index (χ3n) is 7.15. The first-order valence-electron chi connectivity index (χ1n) is 15.6. The van der Waals surface area contributed by atoms with Gasteiger partial charge in [-0.3, -0.25) is 4.79 Å². The Balaban J connectivity index is 0. The summed E-state index contributed by atoms with van der Waals surface area (Å²) in [6, 6.07) is 2.32. The number of aldehydes is 2. The summed E-state index contributed by atoms with van der Waals surface area (Å²) in [7, 11) is 0. The molecule has 39 heavy (non-hydrogen) atoms. The molecule has 0 fully saturated rings. The largest absolute Gasteiger partial charge is 0.363 e. The number of hydrogen-bond donors (Lipinski definition) is 0. The van der Waals surface area contributed by atoms with E-state index in [4.69, 9.17) is 4.74 Å². The summed E-state index contributed by atoms with van der Waals surface area (Å²) in [5.41, 5.74) is 2.83. The van der Waals surface area contributed by atoms with Gasteiger partial charge in [-0.25, -0.2) is 0 Å². The van der Waals surface area contributed by atoms with Gasteiger partial charge in [-0.1, -0.05) is 95.1 Å². The lowest BCUT2D eigenvalue weighted by Crippen LogP contribution is -2.15. The van der Waals surface area contributed by atoms with E-state index < -0.39 is 0 Å². The lowest BCUT2D eigenvalue weighted by atomic mass is 9.83. The molecule has 4 nitrogen and oxygen atoms in total. The molecule has 4 atom stereocenters. The smallest absolute Gasteiger partial charge is 0.143 e. The van der Waals surface area contributed by atoms with E-state index in [2.05, 4.69) is 59.8 Å². The highest BCUT2D eigenvalue weighted by molar-refractivity contribution is 5.64. The van der Waals surface area contributed by atoms with Crippen LogP contribution in [0.4, 0.5) is 0 Å². The van der Waals surface area contributed by atoms with Crippen molar-refractivity contribution < 1.29 is 14.3 Å². The van der Waals surface area contributed by atoms with Gasteiger partial charge in [0.25, 0.3) is 0 Å². The number of allylic oxidation sites excluding steroid dienone is 6. The maximum Gasteiger partial charge on any atom is 0.143 e. The maximum absolute atomic E-state index is 10.4. The molecule has 1 aliphatic rings. The third-order valence-corrected chi connectivity index (χ3v) is 7.15. The molecular weight excluding hydrogens is 482 g/mol. The molecule has 0 radical (unpaired) electrons. The van der Waals surface area contributed by atoms with E-state index in [0.717, 1.165) is 57.7 Å². The van der Waals surface area contributed by atoms with Crippen LogP contribution in [0.15, 0.2) is 35.5 Å². The molecule has 0 aromatic rings. The standard InChI is InChI=1S/C22H41NO.C9H14O.C4H6O/c1-5-6-7-8-9-10-11-12-16-22(19-23)24-18-17-21(4)15-13-14-20(2)3;1-7-3-4-9(6-10)8(2)5-7;1-2-3-4-5/h14,21-22H,5-13,15-18H2,1-4H3;5-6,8-9H,3-4H2,1-2H3;2-4H,1H3. The molecule has 0 aromatic carbocycles. The first kappa shape index (κ1) is 39.2. The maximum atomic E-state index is 10.4. The molecule has 1 rings (SSSR count). The van der Waals surface area contributed by atoms with E-state index in [1.165, 1.54) is 68.6 Å². The van der Waals surface area contributed by atoms with E-state index >= 15 is 0 Å². The van der Waals surface area contributed by atoms with Gasteiger partial charge in [0.15, 0.2) is 0 Å². The molecule has 0 bridgehead atoms. The Hall–Kier alpha value is -1.99.